The van der Waals surface area contributed by atoms with Gasteiger partial charge in [-0.15, -0.1) is 0 Å². The van der Waals surface area contributed by atoms with E-state index in [1.165, 1.54) is 25.0 Å². The van der Waals surface area contributed by atoms with Gasteiger partial charge in [-0.2, -0.15) is 0 Å². The lowest BCUT2D eigenvalue weighted by atomic mass is 9.79. The predicted molar refractivity (Wildman–Crippen MR) is 75.3 cm³/mol. The van der Waals surface area contributed by atoms with Crippen molar-refractivity contribution in [2.24, 2.45) is 11.8 Å². The second-order valence-corrected chi connectivity index (χ2v) is 5.82. The highest BCUT2D eigenvalue weighted by molar-refractivity contribution is 5.20. The lowest BCUT2D eigenvalue weighted by molar-refractivity contribution is 0.131. The summed E-state index contributed by atoms with van der Waals surface area (Å²) >= 11 is 0. The zero-order valence-electron chi connectivity index (χ0n) is 11.9. The second-order valence-electron chi connectivity index (χ2n) is 5.82. The van der Waals surface area contributed by atoms with E-state index in [2.05, 4.69) is 5.32 Å². The third-order valence-electron chi connectivity index (χ3n) is 4.37. The molecule has 0 spiro atoms. The van der Waals surface area contributed by atoms with Crippen molar-refractivity contribution in [2.45, 2.75) is 38.6 Å². The van der Waals surface area contributed by atoms with Crippen molar-refractivity contribution in [1.29, 1.82) is 0 Å². The largest absolute Gasteiger partial charge is 0.396 e. The molecular weight excluding hydrogens is 260 g/mol. The maximum atomic E-state index is 13.2. The van der Waals surface area contributed by atoms with Crippen LogP contribution < -0.4 is 5.32 Å². The Kier molecular flexibility index (Phi) is 5.49. The molecular formula is C16H23F2NO. The van der Waals surface area contributed by atoms with Crippen LogP contribution in [0.5, 0.6) is 0 Å². The van der Waals surface area contributed by atoms with E-state index in [0.29, 0.717) is 17.4 Å². The molecule has 0 heterocycles. The molecule has 112 valence electrons. The number of nitrogens with one attached hydrogen (secondary N) is 1. The second kappa shape index (κ2) is 7.14. The summed E-state index contributed by atoms with van der Waals surface area (Å²) in [6.45, 7) is 2.92. The summed E-state index contributed by atoms with van der Waals surface area (Å²) < 4.78 is 26.4. The van der Waals surface area contributed by atoms with E-state index in [0.717, 1.165) is 25.5 Å². The molecule has 1 aromatic carbocycles. The number of halogens is 2. The number of benzene rings is 1. The molecule has 3 unspecified atom stereocenters. The molecule has 0 radical (unpaired) electrons. The van der Waals surface area contributed by atoms with Gasteiger partial charge in [-0.05, 0) is 55.8 Å². The normalized spacial score (nSPS) is 24.6. The first-order chi connectivity index (χ1) is 9.60. The highest BCUT2D eigenvalue weighted by Crippen LogP contribution is 2.29. The van der Waals surface area contributed by atoms with Crippen LogP contribution in [0.2, 0.25) is 0 Å². The maximum absolute atomic E-state index is 13.2. The number of aliphatic hydroxyl groups is 1. The highest BCUT2D eigenvalue weighted by Gasteiger charge is 2.24. The van der Waals surface area contributed by atoms with Gasteiger partial charge in [0.05, 0.1) is 0 Å². The SMILES string of the molecule is CC(NCC1CCCCC1CO)c1cc(F)cc(F)c1. The fourth-order valence-electron chi connectivity index (χ4n) is 3.06. The predicted octanol–water partition coefficient (Wildman–Crippen LogP) is 3.41. The quantitative estimate of drug-likeness (QED) is 0.868. The van der Waals surface area contributed by atoms with Gasteiger partial charge < -0.3 is 10.4 Å². The van der Waals surface area contributed by atoms with Crippen LogP contribution >= 0.6 is 0 Å². The van der Waals surface area contributed by atoms with Crippen LogP contribution in [0.4, 0.5) is 8.78 Å². The van der Waals surface area contributed by atoms with Crippen molar-refractivity contribution >= 4 is 0 Å². The van der Waals surface area contributed by atoms with Crippen LogP contribution in [0.25, 0.3) is 0 Å². The summed E-state index contributed by atoms with van der Waals surface area (Å²) in [6, 6.07) is 3.52. The number of hydrogen-bond acceptors (Lipinski definition) is 2. The number of rotatable bonds is 5. The fraction of sp³-hybridized carbons (Fsp3) is 0.625. The van der Waals surface area contributed by atoms with Crippen LogP contribution in [-0.4, -0.2) is 18.3 Å². The zero-order valence-corrected chi connectivity index (χ0v) is 11.9. The van der Waals surface area contributed by atoms with Crippen molar-refractivity contribution in [3.05, 3.63) is 35.4 Å². The van der Waals surface area contributed by atoms with Gasteiger partial charge >= 0.3 is 0 Å². The molecule has 0 aromatic heterocycles. The molecule has 1 saturated carbocycles. The van der Waals surface area contributed by atoms with Crippen molar-refractivity contribution in [2.75, 3.05) is 13.2 Å². The molecule has 1 aliphatic rings. The molecule has 2 nitrogen and oxygen atoms in total. The highest BCUT2D eigenvalue weighted by atomic mass is 19.1. The summed E-state index contributed by atoms with van der Waals surface area (Å²) in [7, 11) is 0. The van der Waals surface area contributed by atoms with Gasteiger partial charge in [-0.1, -0.05) is 12.8 Å². The van der Waals surface area contributed by atoms with E-state index in [-0.39, 0.29) is 12.6 Å². The maximum Gasteiger partial charge on any atom is 0.126 e. The monoisotopic (exact) mass is 283 g/mol. The Morgan fingerprint density at radius 3 is 2.35 bits per heavy atom. The third-order valence-corrected chi connectivity index (χ3v) is 4.37. The molecule has 0 bridgehead atoms. The number of hydrogen-bond donors (Lipinski definition) is 2. The van der Waals surface area contributed by atoms with Crippen molar-refractivity contribution in [1.82, 2.24) is 5.32 Å². The van der Waals surface area contributed by atoms with E-state index in [9.17, 15) is 13.9 Å². The van der Waals surface area contributed by atoms with Crippen LogP contribution in [0, 0.1) is 23.5 Å². The minimum atomic E-state index is -0.542. The topological polar surface area (TPSA) is 32.3 Å². The minimum Gasteiger partial charge on any atom is -0.396 e. The van der Waals surface area contributed by atoms with Crippen LogP contribution in [0.1, 0.15) is 44.2 Å². The van der Waals surface area contributed by atoms with Gasteiger partial charge in [0.2, 0.25) is 0 Å². The van der Waals surface area contributed by atoms with E-state index in [4.69, 9.17) is 0 Å². The van der Waals surface area contributed by atoms with Crippen LogP contribution in [0.15, 0.2) is 18.2 Å². The lowest BCUT2D eigenvalue weighted by Crippen LogP contribution is -2.33. The first kappa shape index (κ1) is 15.4. The molecule has 2 N–H and O–H groups in total. The molecule has 0 saturated heterocycles. The Labute approximate surface area is 119 Å². The minimum absolute atomic E-state index is 0.0959. The first-order valence-corrected chi connectivity index (χ1v) is 7.40. The summed E-state index contributed by atoms with van der Waals surface area (Å²) in [6.07, 6.45) is 4.58. The molecule has 3 atom stereocenters. The Morgan fingerprint density at radius 2 is 1.75 bits per heavy atom. The summed E-state index contributed by atoms with van der Waals surface area (Å²) in [5, 5.41) is 12.7. The van der Waals surface area contributed by atoms with Crippen LogP contribution in [-0.2, 0) is 0 Å². The van der Waals surface area contributed by atoms with Gasteiger partial charge in [0.15, 0.2) is 0 Å². The molecule has 2 rings (SSSR count). The van der Waals surface area contributed by atoms with E-state index in [1.54, 1.807) is 0 Å². The first-order valence-electron chi connectivity index (χ1n) is 7.40. The Bertz CT molecular complexity index is 418. The van der Waals surface area contributed by atoms with Gasteiger partial charge in [-0.25, -0.2) is 8.78 Å². The van der Waals surface area contributed by atoms with Gasteiger partial charge in [0, 0.05) is 18.7 Å². The van der Waals surface area contributed by atoms with Crippen molar-refractivity contribution in [3.8, 4) is 0 Å². The van der Waals surface area contributed by atoms with Gasteiger partial charge in [0.1, 0.15) is 11.6 Å². The third kappa shape index (κ3) is 4.00. The van der Waals surface area contributed by atoms with Gasteiger partial charge in [0.25, 0.3) is 0 Å². The smallest absolute Gasteiger partial charge is 0.126 e. The summed E-state index contributed by atoms with van der Waals surface area (Å²) in [4.78, 5) is 0. The average Bonchev–Trinajstić information content (AvgIpc) is 2.44. The summed E-state index contributed by atoms with van der Waals surface area (Å²) in [5.41, 5.74) is 0.624. The van der Waals surface area contributed by atoms with Crippen molar-refractivity contribution in [3.63, 3.8) is 0 Å². The number of aliphatic hydroxyl groups excluding tert-OH is 1. The van der Waals surface area contributed by atoms with E-state index in [1.807, 2.05) is 6.92 Å². The zero-order chi connectivity index (χ0) is 14.5. The molecule has 1 aromatic rings. The molecule has 4 heteroatoms. The standard InChI is InChI=1S/C16H23F2NO/c1-11(14-6-15(17)8-16(18)7-14)19-9-12-4-2-3-5-13(12)10-20/h6-8,11-13,19-20H,2-5,9-10H2,1H3. The molecule has 0 amide bonds. The van der Waals surface area contributed by atoms with Crippen molar-refractivity contribution < 1.29 is 13.9 Å². The Morgan fingerprint density at radius 1 is 1.15 bits per heavy atom. The molecule has 1 aliphatic carbocycles. The average molecular weight is 283 g/mol. The van der Waals surface area contributed by atoms with Crippen LogP contribution in [0.3, 0.4) is 0 Å². The molecule has 0 aliphatic heterocycles. The van der Waals surface area contributed by atoms with E-state index >= 15 is 0 Å². The lowest BCUT2D eigenvalue weighted by Gasteiger charge is -2.31. The van der Waals surface area contributed by atoms with E-state index < -0.39 is 11.6 Å². The Balaban J connectivity index is 1.92. The molecule has 20 heavy (non-hydrogen) atoms. The summed E-state index contributed by atoms with van der Waals surface area (Å²) in [5.74, 6) is -0.276. The van der Waals surface area contributed by atoms with Gasteiger partial charge in [-0.3, -0.25) is 0 Å². The Hall–Kier alpha value is -1.00. The fourth-order valence-corrected chi connectivity index (χ4v) is 3.06. The molecule has 1 fully saturated rings.